The highest BCUT2D eigenvalue weighted by atomic mass is 35.5. The lowest BCUT2D eigenvalue weighted by Gasteiger charge is -2.14. The Balaban J connectivity index is 1.71. The van der Waals surface area contributed by atoms with Crippen molar-refractivity contribution in [3.05, 3.63) is 81.1 Å². The third-order valence-electron chi connectivity index (χ3n) is 4.98. The van der Waals surface area contributed by atoms with Gasteiger partial charge in [-0.2, -0.15) is 5.10 Å². The number of fused-ring (bicyclic) bond motifs is 3. The van der Waals surface area contributed by atoms with E-state index < -0.39 is 23.4 Å². The normalized spacial score (nSPS) is 13.4. The second-order valence-corrected chi connectivity index (χ2v) is 7.73. The molecule has 3 heterocycles. The van der Waals surface area contributed by atoms with Crippen molar-refractivity contribution < 1.29 is 18.4 Å². The van der Waals surface area contributed by atoms with E-state index >= 15 is 0 Å². The molecule has 0 bridgehead atoms. The van der Waals surface area contributed by atoms with Crippen LogP contribution in [0.1, 0.15) is 26.4 Å². The molecule has 0 spiro atoms. The Hall–Kier alpha value is -3.36. The van der Waals surface area contributed by atoms with Crippen LogP contribution >= 0.6 is 23.2 Å². The molecule has 31 heavy (non-hydrogen) atoms. The number of carbonyl (C=O) groups excluding carboxylic acids is 2. The van der Waals surface area contributed by atoms with Crippen molar-refractivity contribution in [1.29, 1.82) is 0 Å². The van der Waals surface area contributed by atoms with Crippen molar-refractivity contribution in [3.63, 3.8) is 0 Å². The number of hydrogen-bond acceptors (Lipinski definition) is 4. The van der Waals surface area contributed by atoms with E-state index in [-0.39, 0.29) is 38.2 Å². The molecule has 0 radical (unpaired) electrons. The molecule has 0 aliphatic carbocycles. The zero-order valence-corrected chi connectivity index (χ0v) is 17.2. The second kappa shape index (κ2) is 6.83. The fraction of sp³-hybridized carbons (Fsp3) is 0.0476. The van der Waals surface area contributed by atoms with E-state index in [4.69, 9.17) is 23.2 Å². The Morgan fingerprint density at radius 2 is 1.61 bits per heavy atom. The van der Waals surface area contributed by atoms with Crippen LogP contribution in [0.4, 0.5) is 14.5 Å². The summed E-state index contributed by atoms with van der Waals surface area (Å²) in [6, 6.07) is 7.34. The van der Waals surface area contributed by atoms with Crippen molar-refractivity contribution >= 4 is 51.7 Å². The minimum Gasteiger partial charge on any atom is -0.268 e. The zero-order chi connectivity index (χ0) is 22.0. The highest BCUT2D eigenvalue weighted by Gasteiger charge is 2.40. The fourth-order valence-electron chi connectivity index (χ4n) is 3.66. The highest BCUT2D eigenvalue weighted by molar-refractivity contribution is 6.43. The Morgan fingerprint density at radius 3 is 2.29 bits per heavy atom. The number of aromatic nitrogens is 3. The predicted octanol–water partition coefficient (Wildman–Crippen LogP) is 5.11. The second-order valence-electron chi connectivity index (χ2n) is 6.91. The van der Waals surface area contributed by atoms with Crippen LogP contribution in [-0.4, -0.2) is 26.6 Å². The summed E-state index contributed by atoms with van der Waals surface area (Å²) in [5, 5.41) is 5.10. The van der Waals surface area contributed by atoms with Crippen molar-refractivity contribution in [2.45, 2.75) is 6.92 Å². The van der Waals surface area contributed by atoms with Crippen LogP contribution in [0, 0.1) is 18.6 Å². The van der Waals surface area contributed by atoms with Crippen LogP contribution in [0.2, 0.25) is 10.0 Å². The summed E-state index contributed by atoms with van der Waals surface area (Å²) in [6.07, 6.45) is 1.25. The van der Waals surface area contributed by atoms with Gasteiger partial charge in [0.05, 0.1) is 43.6 Å². The Labute approximate surface area is 183 Å². The average Bonchev–Trinajstić information content (AvgIpc) is 3.18. The molecule has 2 aromatic carbocycles. The molecule has 0 saturated heterocycles. The predicted molar refractivity (Wildman–Crippen MR) is 111 cm³/mol. The Bertz CT molecular complexity index is 1430. The quantitative estimate of drug-likeness (QED) is 0.391. The maximum atomic E-state index is 13.7. The molecule has 5 rings (SSSR count). The van der Waals surface area contributed by atoms with Crippen molar-refractivity contribution in [1.82, 2.24) is 14.8 Å². The number of halogens is 4. The molecular weight excluding hydrogens is 449 g/mol. The van der Waals surface area contributed by atoms with Crippen molar-refractivity contribution in [3.8, 4) is 5.69 Å². The number of amides is 2. The van der Waals surface area contributed by atoms with Gasteiger partial charge in [0.2, 0.25) is 0 Å². The first kappa shape index (κ1) is 19.6. The molecule has 0 fully saturated rings. The molecule has 6 nitrogen and oxygen atoms in total. The smallest absolute Gasteiger partial charge is 0.267 e. The van der Waals surface area contributed by atoms with E-state index in [9.17, 15) is 18.4 Å². The first-order chi connectivity index (χ1) is 14.8. The van der Waals surface area contributed by atoms with Crippen LogP contribution in [0.15, 0.2) is 42.6 Å². The van der Waals surface area contributed by atoms with Crippen LogP contribution in [0.3, 0.4) is 0 Å². The van der Waals surface area contributed by atoms with Gasteiger partial charge in [0.15, 0.2) is 5.65 Å². The maximum absolute atomic E-state index is 13.7. The number of benzene rings is 2. The van der Waals surface area contributed by atoms with E-state index in [2.05, 4.69) is 10.1 Å². The topological polar surface area (TPSA) is 68.1 Å². The lowest BCUT2D eigenvalue weighted by atomic mass is 10.1. The third kappa shape index (κ3) is 2.90. The van der Waals surface area contributed by atoms with Gasteiger partial charge in [0.25, 0.3) is 11.8 Å². The molecule has 154 valence electrons. The largest absolute Gasteiger partial charge is 0.268 e. The third-order valence-corrected chi connectivity index (χ3v) is 5.71. The van der Waals surface area contributed by atoms with E-state index in [1.807, 2.05) is 0 Å². The number of aryl methyl sites for hydroxylation is 1. The number of rotatable bonds is 2. The zero-order valence-electron chi connectivity index (χ0n) is 15.7. The van der Waals surface area contributed by atoms with E-state index in [0.717, 1.165) is 23.1 Å². The molecule has 10 heteroatoms. The highest BCUT2D eigenvalue weighted by Crippen LogP contribution is 2.36. The SMILES string of the molecule is Cc1nn(-c2cc(F)cc(F)c2)c2ncc3c(c12)C(=O)N(c1ccc(Cl)c(Cl)c1)C3=O. The number of anilines is 1. The monoisotopic (exact) mass is 458 g/mol. The Kier molecular flexibility index (Phi) is 4.32. The summed E-state index contributed by atoms with van der Waals surface area (Å²) < 4.78 is 28.7. The summed E-state index contributed by atoms with van der Waals surface area (Å²) >= 11 is 12.0. The van der Waals surface area contributed by atoms with E-state index in [1.165, 1.54) is 29.1 Å². The number of carbonyl (C=O) groups is 2. The summed E-state index contributed by atoms with van der Waals surface area (Å²) in [5.74, 6) is -2.72. The van der Waals surface area contributed by atoms with Gasteiger partial charge >= 0.3 is 0 Å². The average molecular weight is 459 g/mol. The molecule has 0 N–H and O–H groups in total. The van der Waals surface area contributed by atoms with Crippen LogP contribution in [-0.2, 0) is 0 Å². The molecule has 1 aliphatic heterocycles. The standard InChI is InChI=1S/C21H10Cl2F2N4O2/c1-9-17-18-14(20(30)28(21(18)31)12-2-3-15(22)16(23)7-12)8-26-19(17)29(27-9)13-5-10(24)4-11(25)6-13/h2-8H,1H3. The first-order valence-electron chi connectivity index (χ1n) is 8.95. The van der Waals surface area contributed by atoms with Gasteiger partial charge in [-0.25, -0.2) is 23.3 Å². The lowest BCUT2D eigenvalue weighted by molar-refractivity contribution is 0.0926. The van der Waals surface area contributed by atoms with Gasteiger partial charge in [-0.1, -0.05) is 23.2 Å². The lowest BCUT2D eigenvalue weighted by Crippen LogP contribution is -2.29. The summed E-state index contributed by atoms with van der Waals surface area (Å²) in [4.78, 5) is 31.5. The van der Waals surface area contributed by atoms with E-state index in [0.29, 0.717) is 11.1 Å². The number of imide groups is 1. The number of pyridine rings is 1. The molecule has 2 aromatic heterocycles. The van der Waals surface area contributed by atoms with Gasteiger partial charge in [0.1, 0.15) is 11.6 Å². The molecule has 0 unspecified atom stereocenters. The minimum atomic E-state index is -0.783. The van der Waals surface area contributed by atoms with Crippen LogP contribution < -0.4 is 4.90 Å². The van der Waals surface area contributed by atoms with Crippen molar-refractivity contribution in [2.24, 2.45) is 0 Å². The summed E-state index contributed by atoms with van der Waals surface area (Å²) in [6.45, 7) is 1.62. The maximum Gasteiger partial charge on any atom is 0.267 e. The van der Waals surface area contributed by atoms with Gasteiger partial charge in [0, 0.05) is 12.3 Å². The molecule has 1 aliphatic rings. The molecular formula is C21H10Cl2F2N4O2. The van der Waals surface area contributed by atoms with Crippen LogP contribution in [0.25, 0.3) is 16.7 Å². The molecule has 4 aromatic rings. The summed E-state index contributed by atoms with van der Waals surface area (Å²) in [7, 11) is 0. The van der Waals surface area contributed by atoms with Crippen molar-refractivity contribution in [2.75, 3.05) is 4.90 Å². The summed E-state index contributed by atoms with van der Waals surface area (Å²) in [5.41, 5.74) is 1.13. The number of hydrogen-bond donors (Lipinski definition) is 0. The van der Waals surface area contributed by atoms with E-state index in [1.54, 1.807) is 6.92 Å². The number of nitrogens with zero attached hydrogens (tertiary/aromatic N) is 4. The molecule has 0 saturated carbocycles. The Morgan fingerprint density at radius 1 is 0.903 bits per heavy atom. The molecule has 2 amide bonds. The van der Waals surface area contributed by atoms with Crippen LogP contribution in [0.5, 0.6) is 0 Å². The molecule has 0 atom stereocenters. The van der Waals surface area contributed by atoms with Gasteiger partial charge < -0.3 is 0 Å². The van der Waals surface area contributed by atoms with Gasteiger partial charge in [-0.05, 0) is 37.3 Å². The first-order valence-corrected chi connectivity index (χ1v) is 9.70. The minimum absolute atomic E-state index is 0.0941. The van der Waals surface area contributed by atoms with Gasteiger partial charge in [-0.3, -0.25) is 9.59 Å². The van der Waals surface area contributed by atoms with Gasteiger partial charge in [-0.15, -0.1) is 0 Å². The fourth-order valence-corrected chi connectivity index (χ4v) is 3.95.